The Morgan fingerprint density at radius 1 is 0.956 bits per heavy atom. The van der Waals surface area contributed by atoms with E-state index in [0.717, 1.165) is 16.7 Å². The third kappa shape index (κ3) is 4.53. The highest BCUT2D eigenvalue weighted by atomic mass is 16.7. The third-order valence-electron chi connectivity index (χ3n) is 10.2. The van der Waals surface area contributed by atoms with Gasteiger partial charge in [-0.15, -0.1) is 0 Å². The first kappa shape index (κ1) is 28.2. The second-order valence-corrected chi connectivity index (χ2v) is 13.0. The average Bonchev–Trinajstić information content (AvgIpc) is 3.90. The van der Waals surface area contributed by atoms with E-state index in [-0.39, 0.29) is 24.0 Å². The Hall–Kier alpha value is -4.28. The van der Waals surface area contributed by atoms with Gasteiger partial charge in [-0.05, 0) is 37.0 Å². The molecule has 10 heteroatoms. The number of carbonyl (C=O) groups excluding carboxylic acids is 3. The van der Waals surface area contributed by atoms with E-state index in [2.05, 4.69) is 13.2 Å². The average molecular weight is 612 g/mol. The number of hydrogen-bond donors (Lipinski definition) is 0. The van der Waals surface area contributed by atoms with Crippen LogP contribution in [0.3, 0.4) is 0 Å². The fourth-order valence-corrected chi connectivity index (χ4v) is 7.56. The van der Waals surface area contributed by atoms with Crippen LogP contribution in [-0.4, -0.2) is 72.6 Å². The smallest absolute Gasteiger partial charge is 0.350 e. The zero-order valence-corrected chi connectivity index (χ0v) is 24.8. The molecule has 4 heterocycles. The van der Waals surface area contributed by atoms with Gasteiger partial charge in [0.2, 0.25) is 12.0 Å². The van der Waals surface area contributed by atoms with Gasteiger partial charge in [-0.2, -0.15) is 0 Å². The van der Waals surface area contributed by atoms with Crippen LogP contribution in [0.25, 0.3) is 0 Å². The predicted octanol–water partition coefficient (Wildman–Crippen LogP) is 3.65. The fraction of sp³-hybridized carbons (Fsp3) is 0.429. The molecule has 4 aliphatic heterocycles. The van der Waals surface area contributed by atoms with Crippen LogP contribution < -0.4 is 0 Å². The topological polar surface area (TPSA) is 126 Å². The number of nitrogens with zero attached hydrogens (tertiary/aromatic N) is 1. The van der Waals surface area contributed by atoms with Crippen molar-refractivity contribution >= 4 is 23.8 Å². The van der Waals surface area contributed by atoms with Crippen molar-refractivity contribution in [3.8, 4) is 0 Å². The number of esters is 3. The number of hydrogen-bond acceptors (Lipinski definition) is 10. The van der Waals surface area contributed by atoms with Gasteiger partial charge in [-0.25, -0.2) is 19.4 Å². The summed E-state index contributed by atoms with van der Waals surface area (Å²) < 4.78 is 35.8. The lowest BCUT2D eigenvalue weighted by molar-refractivity contribution is -0.164. The molecule has 45 heavy (non-hydrogen) atoms. The molecule has 0 N–H and O–H groups in total. The molecular weight excluding hydrogens is 578 g/mol. The summed E-state index contributed by atoms with van der Waals surface area (Å²) >= 11 is 0. The van der Waals surface area contributed by atoms with Gasteiger partial charge < -0.3 is 28.4 Å². The largest absolute Gasteiger partial charge is 0.459 e. The second kappa shape index (κ2) is 10.1. The summed E-state index contributed by atoms with van der Waals surface area (Å²) in [5.74, 6) is -2.35. The molecule has 232 valence electrons. The zero-order valence-electron chi connectivity index (χ0n) is 24.8. The number of benzene rings is 2. The number of rotatable bonds is 6. The molecule has 10 atom stereocenters. The molecule has 8 rings (SSSR count). The Labute approximate surface area is 260 Å². The van der Waals surface area contributed by atoms with E-state index in [4.69, 9.17) is 33.4 Å². The Kier molecular flexibility index (Phi) is 6.34. The van der Waals surface area contributed by atoms with Crippen molar-refractivity contribution in [3.05, 3.63) is 96.1 Å². The van der Waals surface area contributed by atoms with E-state index in [1.807, 2.05) is 60.7 Å². The minimum Gasteiger partial charge on any atom is -0.459 e. The Morgan fingerprint density at radius 3 is 2.31 bits per heavy atom. The number of ether oxygens (including phenoxy) is 6. The maximum absolute atomic E-state index is 14.0. The van der Waals surface area contributed by atoms with Crippen LogP contribution in [0, 0.1) is 17.8 Å². The molecule has 10 nitrogen and oxygen atoms in total. The molecule has 2 aliphatic carbocycles. The molecule has 0 amide bonds. The molecule has 1 spiro atoms. The summed E-state index contributed by atoms with van der Waals surface area (Å²) in [6.45, 7) is 10.7. The summed E-state index contributed by atoms with van der Waals surface area (Å²) in [4.78, 5) is 44.5. The van der Waals surface area contributed by atoms with Gasteiger partial charge in [-0.3, -0.25) is 0 Å². The van der Waals surface area contributed by atoms with Crippen LogP contribution in [0.15, 0.2) is 90.0 Å². The Balaban J connectivity index is 1.06. The lowest BCUT2D eigenvalue weighted by Crippen LogP contribution is -2.45. The van der Waals surface area contributed by atoms with E-state index in [1.165, 1.54) is 0 Å². The van der Waals surface area contributed by atoms with Crippen molar-refractivity contribution in [2.75, 3.05) is 13.2 Å². The van der Waals surface area contributed by atoms with Crippen LogP contribution >= 0.6 is 0 Å². The van der Waals surface area contributed by atoms with Gasteiger partial charge in [0.1, 0.15) is 30.0 Å². The molecule has 2 saturated carbocycles. The molecule has 5 fully saturated rings. The molecule has 0 unspecified atom stereocenters. The van der Waals surface area contributed by atoms with Crippen LogP contribution in [0.5, 0.6) is 0 Å². The number of epoxide rings is 2. The van der Waals surface area contributed by atoms with E-state index in [9.17, 15) is 14.4 Å². The van der Waals surface area contributed by atoms with Gasteiger partial charge in [-0.1, -0.05) is 67.3 Å². The highest BCUT2D eigenvalue weighted by molar-refractivity contribution is 5.98. The summed E-state index contributed by atoms with van der Waals surface area (Å²) in [6, 6.07) is 18.4. The van der Waals surface area contributed by atoms with Crippen molar-refractivity contribution < 1.29 is 42.8 Å². The quantitative estimate of drug-likeness (QED) is 0.158. The Morgan fingerprint density at radius 2 is 1.64 bits per heavy atom. The van der Waals surface area contributed by atoms with Crippen LogP contribution in [0.4, 0.5) is 0 Å². The van der Waals surface area contributed by atoms with Gasteiger partial charge in [0, 0.05) is 23.5 Å². The summed E-state index contributed by atoms with van der Waals surface area (Å²) in [5.41, 5.74) is 0.805. The standard InChI is InChI=1S/C35H33NO9/c1-18-14-23(42-33(39)34(3)16-40-34)25-19(2)31(37)45-28(25)26-22(18)15-24(35(26)17-41-35)43-32(38)29-27(20-10-6-4-7-11-20)36-30(44-29)21-12-8-5-9-13-21/h4-13,22-29H,1-2,14-17H2,3H3/t22-,23-,24-,25+,26-,27-,28-,29+,34+,35+/m0/s1. The van der Waals surface area contributed by atoms with Crippen molar-refractivity contribution in [2.45, 2.75) is 61.4 Å². The number of aliphatic imine (C=N–C) groups is 1. The summed E-state index contributed by atoms with van der Waals surface area (Å²) in [7, 11) is 0. The number of fused-ring (bicyclic) bond motifs is 4. The molecular formula is C35H33NO9. The maximum Gasteiger partial charge on any atom is 0.350 e. The van der Waals surface area contributed by atoms with Crippen molar-refractivity contribution in [1.82, 2.24) is 0 Å². The molecule has 0 aromatic heterocycles. The van der Waals surface area contributed by atoms with E-state index < -0.39 is 65.5 Å². The highest BCUT2D eigenvalue weighted by Gasteiger charge is 2.72. The minimum absolute atomic E-state index is 0.210. The first-order chi connectivity index (χ1) is 21.7. The molecule has 3 saturated heterocycles. The summed E-state index contributed by atoms with van der Waals surface area (Å²) in [6.07, 6.45) is -2.28. The normalized spacial score (nSPS) is 39.2. The maximum atomic E-state index is 14.0. The predicted molar refractivity (Wildman–Crippen MR) is 158 cm³/mol. The van der Waals surface area contributed by atoms with Crippen molar-refractivity contribution in [2.24, 2.45) is 22.7 Å². The van der Waals surface area contributed by atoms with E-state index in [0.29, 0.717) is 25.3 Å². The van der Waals surface area contributed by atoms with Crippen molar-refractivity contribution in [3.63, 3.8) is 0 Å². The van der Waals surface area contributed by atoms with Gasteiger partial charge in [0.15, 0.2) is 5.60 Å². The Bertz CT molecular complexity index is 1630. The molecule has 0 radical (unpaired) electrons. The lowest BCUT2D eigenvalue weighted by atomic mass is 9.78. The molecule has 6 aliphatic rings. The van der Waals surface area contributed by atoms with E-state index in [1.54, 1.807) is 6.92 Å². The molecule has 0 bridgehead atoms. The zero-order chi connectivity index (χ0) is 31.1. The van der Waals surface area contributed by atoms with Crippen LogP contribution in [-0.2, 0) is 42.8 Å². The lowest BCUT2D eigenvalue weighted by Gasteiger charge is -2.31. The number of carbonyl (C=O) groups is 3. The van der Waals surface area contributed by atoms with Crippen LogP contribution in [0.1, 0.15) is 36.9 Å². The fourth-order valence-electron chi connectivity index (χ4n) is 7.56. The minimum atomic E-state index is -1.00. The SMILES string of the molecule is C=C1C(=O)O[C@H]2[C@H]1[C@@H](OC(=O)[C@@]1(C)CO1)CC(=C)[C@@H]1C[C@H](OC(=O)[C@@H]3OC(c4ccccc4)=N[C@H]3c3ccccc3)[C@]3(CO3)[C@H]21. The highest BCUT2D eigenvalue weighted by Crippen LogP contribution is 2.61. The van der Waals surface area contributed by atoms with E-state index >= 15 is 0 Å². The van der Waals surface area contributed by atoms with Crippen LogP contribution in [0.2, 0.25) is 0 Å². The third-order valence-corrected chi connectivity index (χ3v) is 10.2. The van der Waals surface area contributed by atoms with Crippen molar-refractivity contribution in [1.29, 1.82) is 0 Å². The first-order valence-corrected chi connectivity index (χ1v) is 15.3. The first-order valence-electron chi connectivity index (χ1n) is 15.3. The molecule has 2 aromatic rings. The van der Waals surface area contributed by atoms with Gasteiger partial charge in [0.25, 0.3) is 0 Å². The molecule has 2 aromatic carbocycles. The van der Waals surface area contributed by atoms with Gasteiger partial charge in [0.05, 0.1) is 19.1 Å². The summed E-state index contributed by atoms with van der Waals surface area (Å²) in [5, 5.41) is 0. The second-order valence-electron chi connectivity index (χ2n) is 13.0. The van der Waals surface area contributed by atoms with Gasteiger partial charge >= 0.3 is 17.9 Å². The monoisotopic (exact) mass is 611 g/mol.